The first-order valence-electron chi connectivity index (χ1n) is 7.98. The lowest BCUT2D eigenvalue weighted by Crippen LogP contribution is -2.02. The number of nitriles is 1. The second kappa shape index (κ2) is 8.33. The number of nitrogens with zero attached hydrogens (tertiary/aromatic N) is 1. The lowest BCUT2D eigenvalue weighted by Gasteiger charge is -2.11. The Morgan fingerprint density at radius 1 is 1.00 bits per heavy atom. The van der Waals surface area contributed by atoms with Gasteiger partial charge in [0.1, 0.15) is 11.6 Å². The first-order chi connectivity index (χ1) is 11.1. The molecule has 0 aliphatic carbocycles. The largest absolute Gasteiger partial charge is 0.494 e. The minimum absolute atomic E-state index is 0.220. The maximum Gasteiger partial charge on any atom is 0.123 e. The molecule has 2 rings (SSSR count). The molecule has 0 spiro atoms. The van der Waals surface area contributed by atoms with Crippen LogP contribution in [-0.4, -0.2) is 6.61 Å². The van der Waals surface area contributed by atoms with E-state index >= 15 is 0 Å². The topological polar surface area (TPSA) is 33.0 Å². The molecule has 1 atom stereocenters. The quantitative estimate of drug-likeness (QED) is 0.640. The van der Waals surface area contributed by atoms with Gasteiger partial charge in [-0.3, -0.25) is 0 Å². The van der Waals surface area contributed by atoms with E-state index in [9.17, 15) is 9.65 Å². The van der Waals surface area contributed by atoms with Gasteiger partial charge in [0, 0.05) is 0 Å². The van der Waals surface area contributed by atoms with E-state index in [2.05, 4.69) is 32.0 Å². The van der Waals surface area contributed by atoms with Crippen molar-refractivity contribution in [1.29, 1.82) is 5.26 Å². The molecule has 0 amide bonds. The molecule has 0 aliphatic heterocycles. The lowest BCUT2D eigenvalue weighted by molar-refractivity contribution is 0.305. The van der Waals surface area contributed by atoms with Crippen LogP contribution in [0.3, 0.4) is 0 Å². The molecule has 0 radical (unpaired) electrons. The summed E-state index contributed by atoms with van der Waals surface area (Å²) in [6, 6.07) is 16.5. The van der Waals surface area contributed by atoms with Gasteiger partial charge in [-0.2, -0.15) is 5.26 Å². The fourth-order valence-corrected chi connectivity index (χ4v) is 2.43. The van der Waals surface area contributed by atoms with Crippen LogP contribution in [0, 0.1) is 17.1 Å². The number of halogens is 1. The van der Waals surface area contributed by atoms with E-state index in [4.69, 9.17) is 4.74 Å². The van der Waals surface area contributed by atoms with E-state index in [0.29, 0.717) is 18.9 Å². The average molecular weight is 311 g/mol. The predicted octanol–water partition coefficient (Wildman–Crippen LogP) is 5.42. The average Bonchev–Trinajstić information content (AvgIpc) is 2.56. The van der Waals surface area contributed by atoms with Gasteiger partial charge in [0.15, 0.2) is 0 Å². The van der Waals surface area contributed by atoms with Gasteiger partial charge in [0.05, 0.1) is 18.6 Å². The molecular formula is C20H22FNO. The molecule has 120 valence electrons. The standard InChI is InChI=1S/C20H22FNO/c1-15(2)16-7-11-20(12-8-16)23-13-3-4-18(14-22)17-5-9-19(21)10-6-17/h5-12,15,18H,3-4,13H2,1-2H3. The van der Waals surface area contributed by atoms with E-state index in [1.165, 1.54) is 17.7 Å². The van der Waals surface area contributed by atoms with Crippen molar-refractivity contribution in [3.05, 3.63) is 65.5 Å². The van der Waals surface area contributed by atoms with Gasteiger partial charge in [0.25, 0.3) is 0 Å². The molecule has 2 aromatic rings. The van der Waals surface area contributed by atoms with E-state index < -0.39 is 0 Å². The van der Waals surface area contributed by atoms with Crippen molar-refractivity contribution in [3.63, 3.8) is 0 Å². The van der Waals surface area contributed by atoms with Crippen molar-refractivity contribution in [3.8, 4) is 11.8 Å². The number of hydrogen-bond donors (Lipinski definition) is 0. The summed E-state index contributed by atoms with van der Waals surface area (Å²) in [7, 11) is 0. The summed E-state index contributed by atoms with van der Waals surface area (Å²) in [6.45, 7) is 4.89. The molecule has 0 saturated heterocycles. The normalized spacial score (nSPS) is 12.0. The Morgan fingerprint density at radius 2 is 1.61 bits per heavy atom. The highest BCUT2D eigenvalue weighted by Gasteiger charge is 2.10. The van der Waals surface area contributed by atoms with Crippen LogP contribution in [-0.2, 0) is 0 Å². The fourth-order valence-electron chi connectivity index (χ4n) is 2.43. The predicted molar refractivity (Wildman–Crippen MR) is 90.0 cm³/mol. The Morgan fingerprint density at radius 3 is 2.17 bits per heavy atom. The van der Waals surface area contributed by atoms with Crippen LogP contribution >= 0.6 is 0 Å². The zero-order valence-corrected chi connectivity index (χ0v) is 13.6. The van der Waals surface area contributed by atoms with Crippen LogP contribution in [0.4, 0.5) is 4.39 Å². The van der Waals surface area contributed by atoms with Gasteiger partial charge >= 0.3 is 0 Å². The maximum atomic E-state index is 12.9. The monoisotopic (exact) mass is 311 g/mol. The molecule has 0 aliphatic rings. The number of benzene rings is 2. The number of hydrogen-bond acceptors (Lipinski definition) is 2. The summed E-state index contributed by atoms with van der Waals surface area (Å²) in [6.07, 6.45) is 1.48. The highest BCUT2D eigenvalue weighted by Crippen LogP contribution is 2.22. The van der Waals surface area contributed by atoms with Gasteiger partial charge < -0.3 is 4.74 Å². The van der Waals surface area contributed by atoms with E-state index in [-0.39, 0.29) is 11.7 Å². The van der Waals surface area contributed by atoms with Gasteiger partial charge in [0.2, 0.25) is 0 Å². The zero-order chi connectivity index (χ0) is 16.7. The van der Waals surface area contributed by atoms with Gasteiger partial charge in [-0.05, 0) is 54.2 Å². The molecular weight excluding hydrogens is 289 g/mol. The molecule has 2 nitrogen and oxygen atoms in total. The fraction of sp³-hybridized carbons (Fsp3) is 0.350. The van der Waals surface area contributed by atoms with Crippen LogP contribution in [0.5, 0.6) is 5.75 Å². The Kier molecular flexibility index (Phi) is 6.17. The molecule has 0 N–H and O–H groups in total. The third-order valence-corrected chi connectivity index (χ3v) is 3.88. The van der Waals surface area contributed by atoms with Crippen molar-refractivity contribution in [2.24, 2.45) is 0 Å². The summed E-state index contributed by atoms with van der Waals surface area (Å²) in [4.78, 5) is 0. The van der Waals surface area contributed by atoms with Crippen LogP contribution in [0.25, 0.3) is 0 Å². The Hall–Kier alpha value is -2.34. The van der Waals surface area contributed by atoms with Crippen molar-refractivity contribution in [2.45, 2.75) is 38.5 Å². The highest BCUT2D eigenvalue weighted by atomic mass is 19.1. The van der Waals surface area contributed by atoms with Crippen molar-refractivity contribution in [1.82, 2.24) is 0 Å². The molecule has 2 aromatic carbocycles. The van der Waals surface area contributed by atoms with Gasteiger partial charge in [-0.25, -0.2) is 4.39 Å². The van der Waals surface area contributed by atoms with Crippen LogP contribution < -0.4 is 4.74 Å². The smallest absolute Gasteiger partial charge is 0.123 e. The Bertz CT molecular complexity index is 641. The Labute approximate surface area is 137 Å². The summed E-state index contributed by atoms with van der Waals surface area (Å²) in [5.41, 5.74) is 2.15. The van der Waals surface area contributed by atoms with Crippen molar-refractivity contribution < 1.29 is 9.13 Å². The first-order valence-corrected chi connectivity index (χ1v) is 7.98. The molecule has 0 saturated carbocycles. The third-order valence-electron chi connectivity index (χ3n) is 3.88. The molecule has 1 unspecified atom stereocenters. The minimum Gasteiger partial charge on any atom is -0.494 e. The molecule has 0 bridgehead atoms. The molecule has 0 aromatic heterocycles. The second-order valence-corrected chi connectivity index (χ2v) is 5.95. The molecule has 0 fully saturated rings. The number of ether oxygens (including phenoxy) is 1. The number of rotatable bonds is 7. The molecule has 0 heterocycles. The highest BCUT2D eigenvalue weighted by molar-refractivity contribution is 5.29. The summed E-state index contributed by atoms with van der Waals surface area (Å²) >= 11 is 0. The van der Waals surface area contributed by atoms with E-state index in [1.54, 1.807) is 12.1 Å². The summed E-state index contributed by atoms with van der Waals surface area (Å²) < 4.78 is 18.6. The lowest BCUT2D eigenvalue weighted by atomic mass is 9.96. The Balaban J connectivity index is 1.79. The zero-order valence-electron chi connectivity index (χ0n) is 13.6. The van der Waals surface area contributed by atoms with Gasteiger partial charge in [-0.15, -0.1) is 0 Å². The summed E-state index contributed by atoms with van der Waals surface area (Å²) in [5, 5.41) is 9.26. The molecule has 23 heavy (non-hydrogen) atoms. The minimum atomic E-state index is -0.279. The van der Waals surface area contributed by atoms with E-state index in [0.717, 1.165) is 17.7 Å². The first kappa shape index (κ1) is 17.0. The second-order valence-electron chi connectivity index (χ2n) is 5.95. The van der Waals surface area contributed by atoms with E-state index in [1.807, 2.05) is 12.1 Å². The van der Waals surface area contributed by atoms with Crippen LogP contribution in [0.2, 0.25) is 0 Å². The SMILES string of the molecule is CC(C)c1ccc(OCCCC(C#N)c2ccc(F)cc2)cc1. The van der Waals surface area contributed by atoms with Crippen molar-refractivity contribution in [2.75, 3.05) is 6.61 Å². The maximum absolute atomic E-state index is 12.9. The summed E-state index contributed by atoms with van der Waals surface area (Å²) in [5.74, 6) is 0.863. The van der Waals surface area contributed by atoms with Gasteiger partial charge in [-0.1, -0.05) is 38.1 Å². The van der Waals surface area contributed by atoms with Crippen LogP contribution in [0.1, 0.15) is 49.7 Å². The van der Waals surface area contributed by atoms with Crippen molar-refractivity contribution >= 4 is 0 Å². The van der Waals surface area contributed by atoms with Crippen LogP contribution in [0.15, 0.2) is 48.5 Å². The molecule has 3 heteroatoms. The third kappa shape index (κ3) is 5.10.